The molecule has 0 unspecified atom stereocenters. The van der Waals surface area contributed by atoms with E-state index in [0.717, 1.165) is 15.0 Å². The van der Waals surface area contributed by atoms with Gasteiger partial charge in [0.1, 0.15) is 10.7 Å². The van der Waals surface area contributed by atoms with Crippen molar-refractivity contribution in [3.05, 3.63) is 39.8 Å². The van der Waals surface area contributed by atoms with Crippen LogP contribution in [0, 0.1) is 12.3 Å². The Morgan fingerprint density at radius 2 is 2.14 bits per heavy atom. The molecule has 2 aromatic rings. The Hall–Kier alpha value is -1.11. The molecule has 1 aromatic carbocycles. The van der Waals surface area contributed by atoms with Gasteiger partial charge in [-0.3, -0.25) is 0 Å². The highest BCUT2D eigenvalue weighted by Gasteiger charge is 2.05. The normalized spacial score (nSPS) is 9.71. The summed E-state index contributed by atoms with van der Waals surface area (Å²) in [4.78, 5) is 4.31. The molecule has 0 radical (unpaired) electrons. The van der Waals surface area contributed by atoms with E-state index >= 15 is 0 Å². The van der Waals surface area contributed by atoms with Crippen molar-refractivity contribution in [1.82, 2.24) is 4.98 Å². The molecular formula is C11H6BrNS. The molecule has 0 aliphatic carbocycles. The van der Waals surface area contributed by atoms with Crippen molar-refractivity contribution in [1.29, 1.82) is 0 Å². The first-order valence-electron chi connectivity index (χ1n) is 3.98. The summed E-state index contributed by atoms with van der Waals surface area (Å²) in [6.45, 7) is 0. The van der Waals surface area contributed by atoms with Crippen molar-refractivity contribution < 1.29 is 0 Å². The average molecular weight is 264 g/mol. The maximum absolute atomic E-state index is 5.26. The first-order chi connectivity index (χ1) is 6.81. The number of terminal acetylenes is 1. The number of rotatable bonds is 1. The van der Waals surface area contributed by atoms with Gasteiger partial charge in [0.15, 0.2) is 0 Å². The standard InChI is InChI=1S/C11H6BrNS/c1-2-8-7-14-11(13-8)9-5-3-4-6-10(9)12/h1,3-7H. The van der Waals surface area contributed by atoms with Gasteiger partial charge < -0.3 is 0 Å². The van der Waals surface area contributed by atoms with E-state index in [1.807, 2.05) is 29.6 Å². The van der Waals surface area contributed by atoms with Gasteiger partial charge in [-0.05, 0) is 12.0 Å². The Morgan fingerprint density at radius 1 is 1.36 bits per heavy atom. The van der Waals surface area contributed by atoms with Crippen LogP contribution in [0.3, 0.4) is 0 Å². The molecule has 14 heavy (non-hydrogen) atoms. The molecule has 2 rings (SSSR count). The van der Waals surface area contributed by atoms with E-state index in [4.69, 9.17) is 6.42 Å². The second-order valence-corrected chi connectivity index (χ2v) is 4.37. The van der Waals surface area contributed by atoms with E-state index in [0.29, 0.717) is 5.69 Å². The third-order valence-corrected chi connectivity index (χ3v) is 3.32. The van der Waals surface area contributed by atoms with E-state index in [-0.39, 0.29) is 0 Å². The monoisotopic (exact) mass is 263 g/mol. The SMILES string of the molecule is C#Cc1csc(-c2ccccc2Br)n1. The summed E-state index contributed by atoms with van der Waals surface area (Å²) < 4.78 is 1.04. The van der Waals surface area contributed by atoms with Crippen LogP contribution in [0.5, 0.6) is 0 Å². The molecule has 0 saturated heterocycles. The van der Waals surface area contributed by atoms with Crippen molar-refractivity contribution in [2.24, 2.45) is 0 Å². The van der Waals surface area contributed by atoms with Crippen LogP contribution in [0.4, 0.5) is 0 Å². The van der Waals surface area contributed by atoms with E-state index in [1.165, 1.54) is 0 Å². The molecule has 0 atom stereocenters. The first kappa shape index (κ1) is 9.45. The number of hydrogen-bond acceptors (Lipinski definition) is 2. The van der Waals surface area contributed by atoms with Crippen LogP contribution < -0.4 is 0 Å². The number of benzene rings is 1. The molecule has 68 valence electrons. The minimum atomic E-state index is 0.695. The fraction of sp³-hybridized carbons (Fsp3) is 0. The summed E-state index contributed by atoms with van der Waals surface area (Å²) in [6, 6.07) is 7.97. The lowest BCUT2D eigenvalue weighted by molar-refractivity contribution is 1.36. The van der Waals surface area contributed by atoms with Crippen LogP contribution in [0.25, 0.3) is 10.6 Å². The maximum Gasteiger partial charge on any atom is 0.125 e. The number of halogens is 1. The number of aromatic nitrogens is 1. The third-order valence-electron chi connectivity index (χ3n) is 1.76. The molecule has 0 spiro atoms. The Labute approximate surface area is 94.9 Å². The van der Waals surface area contributed by atoms with E-state index in [1.54, 1.807) is 11.3 Å². The Bertz CT molecular complexity index is 496. The van der Waals surface area contributed by atoms with Crippen LogP contribution in [0.1, 0.15) is 5.69 Å². The summed E-state index contributed by atoms with van der Waals surface area (Å²) in [5.41, 5.74) is 1.78. The molecule has 1 aromatic heterocycles. The summed E-state index contributed by atoms with van der Waals surface area (Å²) in [7, 11) is 0. The van der Waals surface area contributed by atoms with Gasteiger partial charge in [-0.1, -0.05) is 34.1 Å². The number of thiazole rings is 1. The predicted octanol–water partition coefficient (Wildman–Crippen LogP) is 3.55. The van der Waals surface area contributed by atoms with E-state index < -0.39 is 0 Å². The summed E-state index contributed by atoms with van der Waals surface area (Å²) in [6.07, 6.45) is 5.26. The molecule has 0 aliphatic rings. The molecular weight excluding hydrogens is 258 g/mol. The largest absolute Gasteiger partial charge is 0.228 e. The van der Waals surface area contributed by atoms with Gasteiger partial charge in [0, 0.05) is 15.4 Å². The second kappa shape index (κ2) is 3.95. The minimum Gasteiger partial charge on any atom is -0.228 e. The molecule has 0 N–H and O–H groups in total. The van der Waals surface area contributed by atoms with Crippen LogP contribution in [0.15, 0.2) is 34.1 Å². The molecule has 0 fully saturated rings. The number of hydrogen-bond donors (Lipinski definition) is 0. The molecule has 1 heterocycles. The minimum absolute atomic E-state index is 0.695. The molecule has 0 bridgehead atoms. The highest BCUT2D eigenvalue weighted by atomic mass is 79.9. The maximum atomic E-state index is 5.26. The zero-order valence-corrected chi connectivity index (χ0v) is 9.60. The number of nitrogens with zero attached hydrogens (tertiary/aromatic N) is 1. The highest BCUT2D eigenvalue weighted by Crippen LogP contribution is 2.29. The summed E-state index contributed by atoms with van der Waals surface area (Å²) in [5.74, 6) is 2.52. The fourth-order valence-corrected chi connectivity index (χ4v) is 2.50. The van der Waals surface area contributed by atoms with Crippen LogP contribution in [0.2, 0.25) is 0 Å². The summed E-state index contributed by atoms with van der Waals surface area (Å²) >= 11 is 5.04. The fourth-order valence-electron chi connectivity index (χ4n) is 1.10. The van der Waals surface area contributed by atoms with E-state index in [2.05, 4.69) is 26.8 Å². The molecule has 0 amide bonds. The van der Waals surface area contributed by atoms with Crippen molar-refractivity contribution in [3.63, 3.8) is 0 Å². The first-order valence-corrected chi connectivity index (χ1v) is 5.65. The lowest BCUT2D eigenvalue weighted by Crippen LogP contribution is -1.78. The predicted molar refractivity (Wildman–Crippen MR) is 63.2 cm³/mol. The lowest BCUT2D eigenvalue weighted by Gasteiger charge is -1.97. The molecule has 1 nitrogen and oxygen atoms in total. The zero-order valence-electron chi connectivity index (χ0n) is 7.20. The van der Waals surface area contributed by atoms with Crippen molar-refractivity contribution >= 4 is 27.3 Å². The van der Waals surface area contributed by atoms with Crippen LogP contribution in [-0.4, -0.2) is 4.98 Å². The third kappa shape index (κ3) is 1.72. The average Bonchev–Trinajstić information content (AvgIpc) is 2.67. The van der Waals surface area contributed by atoms with Crippen LogP contribution in [-0.2, 0) is 0 Å². The Balaban J connectivity index is 2.51. The van der Waals surface area contributed by atoms with Gasteiger partial charge in [0.25, 0.3) is 0 Å². The second-order valence-electron chi connectivity index (χ2n) is 2.66. The van der Waals surface area contributed by atoms with Crippen molar-refractivity contribution in [3.8, 4) is 22.9 Å². The molecule has 0 aliphatic heterocycles. The smallest absolute Gasteiger partial charge is 0.125 e. The zero-order chi connectivity index (χ0) is 9.97. The van der Waals surface area contributed by atoms with Crippen molar-refractivity contribution in [2.45, 2.75) is 0 Å². The van der Waals surface area contributed by atoms with Gasteiger partial charge >= 0.3 is 0 Å². The van der Waals surface area contributed by atoms with Gasteiger partial charge in [0.05, 0.1) is 0 Å². The van der Waals surface area contributed by atoms with Gasteiger partial charge in [-0.15, -0.1) is 17.8 Å². The Morgan fingerprint density at radius 3 is 2.79 bits per heavy atom. The lowest BCUT2D eigenvalue weighted by atomic mass is 10.2. The summed E-state index contributed by atoms with van der Waals surface area (Å²) in [5, 5.41) is 2.83. The van der Waals surface area contributed by atoms with E-state index in [9.17, 15) is 0 Å². The van der Waals surface area contributed by atoms with Crippen molar-refractivity contribution in [2.75, 3.05) is 0 Å². The quantitative estimate of drug-likeness (QED) is 0.718. The van der Waals surface area contributed by atoms with Gasteiger partial charge in [0.2, 0.25) is 0 Å². The molecule has 3 heteroatoms. The van der Waals surface area contributed by atoms with Gasteiger partial charge in [-0.25, -0.2) is 4.98 Å². The topological polar surface area (TPSA) is 12.9 Å². The van der Waals surface area contributed by atoms with Crippen LogP contribution >= 0.6 is 27.3 Å². The molecule has 0 saturated carbocycles. The van der Waals surface area contributed by atoms with Gasteiger partial charge in [-0.2, -0.15) is 0 Å². The Kier molecular flexibility index (Phi) is 2.67. The highest BCUT2D eigenvalue weighted by molar-refractivity contribution is 9.10.